The predicted molar refractivity (Wildman–Crippen MR) is 144 cm³/mol. The first kappa shape index (κ1) is 26.4. The van der Waals surface area contributed by atoms with Gasteiger partial charge in [0.25, 0.3) is 0 Å². The maximum absolute atomic E-state index is 13.7. The summed E-state index contributed by atoms with van der Waals surface area (Å²) in [6.07, 6.45) is 3.36. The first-order valence-electron chi connectivity index (χ1n) is 13.0. The number of ether oxygens (including phenoxy) is 2. The minimum atomic E-state index is -0.644. The Hall–Kier alpha value is -3.64. The van der Waals surface area contributed by atoms with E-state index in [1.807, 2.05) is 84.9 Å². The van der Waals surface area contributed by atoms with Crippen LogP contribution in [0.2, 0.25) is 0 Å². The summed E-state index contributed by atoms with van der Waals surface area (Å²) in [5.74, 6) is 0.551. The molecule has 3 aromatic rings. The molecule has 4 rings (SSSR count). The number of carbonyl (C=O) groups excluding carboxylic acids is 2. The fourth-order valence-electron chi connectivity index (χ4n) is 4.66. The van der Waals surface area contributed by atoms with Crippen molar-refractivity contribution in [2.75, 3.05) is 20.3 Å². The van der Waals surface area contributed by atoms with Gasteiger partial charge in [-0.2, -0.15) is 0 Å². The Labute approximate surface area is 219 Å². The number of nitrogens with zero attached hydrogens (tertiary/aromatic N) is 1. The van der Waals surface area contributed by atoms with E-state index in [2.05, 4.69) is 5.32 Å². The molecule has 0 saturated carbocycles. The van der Waals surface area contributed by atoms with E-state index < -0.39 is 6.04 Å². The zero-order valence-corrected chi connectivity index (χ0v) is 21.5. The number of carbonyl (C=O) groups is 2. The first-order valence-corrected chi connectivity index (χ1v) is 13.0. The van der Waals surface area contributed by atoms with Gasteiger partial charge in [-0.25, -0.2) is 0 Å². The van der Waals surface area contributed by atoms with Crippen LogP contribution < -0.4 is 10.1 Å². The highest BCUT2D eigenvalue weighted by molar-refractivity contribution is 5.88. The SMILES string of the molecule is COc1ccc(CN(C(=O)CCc2ccccc2)[C@@H](Cc2ccccc2)C(=O)NC[C@@H]2CCCO2)cc1. The number of benzene rings is 3. The van der Waals surface area contributed by atoms with E-state index in [0.717, 1.165) is 41.9 Å². The van der Waals surface area contributed by atoms with Crippen LogP contribution in [-0.2, 0) is 33.7 Å². The molecule has 0 spiro atoms. The van der Waals surface area contributed by atoms with Crippen molar-refractivity contribution < 1.29 is 19.1 Å². The third kappa shape index (κ3) is 7.92. The fourth-order valence-corrected chi connectivity index (χ4v) is 4.66. The normalized spacial score (nSPS) is 15.6. The molecular formula is C31H36N2O4. The highest BCUT2D eigenvalue weighted by Crippen LogP contribution is 2.19. The molecule has 1 aliphatic heterocycles. The minimum Gasteiger partial charge on any atom is -0.497 e. The van der Waals surface area contributed by atoms with Crippen LogP contribution in [0.3, 0.4) is 0 Å². The second kappa shape index (κ2) is 13.6. The molecule has 0 unspecified atom stereocenters. The Morgan fingerprint density at radius 1 is 0.946 bits per heavy atom. The molecule has 0 aromatic heterocycles. The van der Waals surface area contributed by atoms with E-state index in [4.69, 9.17) is 9.47 Å². The standard InChI is InChI=1S/C31H36N2O4/c1-36-27-17-14-26(15-18-27)23-33(30(34)19-16-24-9-4-2-5-10-24)29(21-25-11-6-3-7-12-25)31(35)32-22-28-13-8-20-37-28/h2-7,9-12,14-15,17-18,28-29H,8,13,16,19-23H2,1H3,(H,32,35)/t28-,29-/m0/s1. The van der Waals surface area contributed by atoms with E-state index in [9.17, 15) is 9.59 Å². The number of methoxy groups -OCH3 is 1. The van der Waals surface area contributed by atoms with Crippen molar-refractivity contribution >= 4 is 11.8 Å². The zero-order valence-electron chi connectivity index (χ0n) is 21.5. The summed E-state index contributed by atoms with van der Waals surface area (Å²) < 4.78 is 11.0. The average Bonchev–Trinajstić information content (AvgIpc) is 3.47. The fraction of sp³-hybridized carbons (Fsp3) is 0.355. The Morgan fingerprint density at radius 3 is 2.24 bits per heavy atom. The van der Waals surface area contributed by atoms with Gasteiger partial charge >= 0.3 is 0 Å². The Balaban J connectivity index is 1.58. The molecule has 0 bridgehead atoms. The molecule has 2 atom stereocenters. The van der Waals surface area contributed by atoms with Gasteiger partial charge in [-0.05, 0) is 48.1 Å². The molecule has 6 heteroatoms. The lowest BCUT2D eigenvalue weighted by atomic mass is 10.0. The second-order valence-electron chi connectivity index (χ2n) is 9.44. The molecule has 194 valence electrons. The average molecular weight is 501 g/mol. The summed E-state index contributed by atoms with van der Waals surface area (Å²) in [6.45, 7) is 1.52. The lowest BCUT2D eigenvalue weighted by Crippen LogP contribution is -2.51. The summed E-state index contributed by atoms with van der Waals surface area (Å²) in [4.78, 5) is 29.1. The summed E-state index contributed by atoms with van der Waals surface area (Å²) in [5, 5.41) is 3.08. The number of aryl methyl sites for hydroxylation is 1. The Morgan fingerprint density at radius 2 is 1.62 bits per heavy atom. The maximum Gasteiger partial charge on any atom is 0.243 e. The number of amides is 2. The molecule has 0 radical (unpaired) electrons. The van der Waals surface area contributed by atoms with Crippen molar-refractivity contribution in [2.45, 2.75) is 50.8 Å². The maximum atomic E-state index is 13.7. The van der Waals surface area contributed by atoms with Crippen LogP contribution in [0.5, 0.6) is 5.75 Å². The minimum absolute atomic E-state index is 0.0325. The number of rotatable bonds is 12. The van der Waals surface area contributed by atoms with E-state index in [1.165, 1.54) is 0 Å². The topological polar surface area (TPSA) is 67.9 Å². The molecule has 6 nitrogen and oxygen atoms in total. The smallest absolute Gasteiger partial charge is 0.243 e. The monoisotopic (exact) mass is 500 g/mol. The summed E-state index contributed by atoms with van der Waals surface area (Å²) in [5.41, 5.74) is 3.05. The van der Waals surface area contributed by atoms with Crippen molar-refractivity contribution in [3.63, 3.8) is 0 Å². The van der Waals surface area contributed by atoms with E-state index in [-0.39, 0.29) is 17.9 Å². The predicted octanol–water partition coefficient (Wildman–Crippen LogP) is 4.56. The third-order valence-electron chi connectivity index (χ3n) is 6.78. The van der Waals surface area contributed by atoms with E-state index in [0.29, 0.717) is 32.4 Å². The highest BCUT2D eigenvalue weighted by atomic mass is 16.5. The molecule has 3 aromatic carbocycles. The Bertz CT molecular complexity index is 1110. The highest BCUT2D eigenvalue weighted by Gasteiger charge is 2.31. The zero-order chi connectivity index (χ0) is 25.9. The van der Waals surface area contributed by atoms with Crippen molar-refractivity contribution in [3.8, 4) is 5.75 Å². The van der Waals surface area contributed by atoms with E-state index in [1.54, 1.807) is 12.0 Å². The third-order valence-corrected chi connectivity index (χ3v) is 6.78. The lowest BCUT2D eigenvalue weighted by Gasteiger charge is -2.32. The summed E-state index contributed by atoms with van der Waals surface area (Å²) >= 11 is 0. The van der Waals surface area contributed by atoms with Gasteiger partial charge in [-0.15, -0.1) is 0 Å². The van der Waals surface area contributed by atoms with Crippen LogP contribution >= 0.6 is 0 Å². The first-order chi connectivity index (χ1) is 18.1. The van der Waals surface area contributed by atoms with Crippen molar-refractivity contribution in [3.05, 3.63) is 102 Å². The van der Waals surface area contributed by atoms with Crippen molar-refractivity contribution in [2.24, 2.45) is 0 Å². The van der Waals surface area contributed by atoms with Crippen LogP contribution in [0.4, 0.5) is 0 Å². The van der Waals surface area contributed by atoms with Gasteiger partial charge in [0.2, 0.25) is 11.8 Å². The van der Waals surface area contributed by atoms with Crippen LogP contribution in [0.15, 0.2) is 84.9 Å². The van der Waals surface area contributed by atoms with Gasteiger partial charge in [0.15, 0.2) is 0 Å². The molecule has 2 amide bonds. The van der Waals surface area contributed by atoms with Crippen LogP contribution in [0, 0.1) is 0 Å². The van der Waals surface area contributed by atoms with Gasteiger partial charge in [0.1, 0.15) is 11.8 Å². The van der Waals surface area contributed by atoms with Crippen LogP contribution in [0.25, 0.3) is 0 Å². The summed E-state index contributed by atoms with van der Waals surface area (Å²) in [7, 11) is 1.63. The largest absolute Gasteiger partial charge is 0.497 e. The molecule has 37 heavy (non-hydrogen) atoms. The van der Waals surface area contributed by atoms with Gasteiger partial charge in [-0.1, -0.05) is 72.8 Å². The van der Waals surface area contributed by atoms with Gasteiger partial charge in [-0.3, -0.25) is 9.59 Å². The Kier molecular flexibility index (Phi) is 9.72. The molecule has 1 saturated heterocycles. The number of nitrogens with one attached hydrogen (secondary N) is 1. The number of hydrogen-bond acceptors (Lipinski definition) is 4. The molecular weight excluding hydrogens is 464 g/mol. The molecule has 1 heterocycles. The molecule has 1 fully saturated rings. The number of hydrogen-bond donors (Lipinski definition) is 1. The second-order valence-corrected chi connectivity index (χ2v) is 9.44. The molecule has 0 aliphatic carbocycles. The van der Waals surface area contributed by atoms with Crippen molar-refractivity contribution in [1.29, 1.82) is 0 Å². The van der Waals surface area contributed by atoms with E-state index >= 15 is 0 Å². The van der Waals surface area contributed by atoms with Gasteiger partial charge in [0.05, 0.1) is 13.2 Å². The van der Waals surface area contributed by atoms with Crippen LogP contribution in [-0.4, -0.2) is 49.1 Å². The summed E-state index contributed by atoms with van der Waals surface area (Å²) in [6, 6.07) is 26.9. The van der Waals surface area contributed by atoms with Gasteiger partial charge in [0, 0.05) is 32.5 Å². The lowest BCUT2D eigenvalue weighted by molar-refractivity contribution is -0.141. The van der Waals surface area contributed by atoms with Crippen molar-refractivity contribution in [1.82, 2.24) is 10.2 Å². The molecule has 1 aliphatic rings. The van der Waals surface area contributed by atoms with Gasteiger partial charge < -0.3 is 19.7 Å². The quantitative estimate of drug-likeness (QED) is 0.396. The van der Waals surface area contributed by atoms with Crippen LogP contribution in [0.1, 0.15) is 36.0 Å². The molecule has 1 N–H and O–H groups in total.